The van der Waals surface area contributed by atoms with Crippen molar-refractivity contribution < 1.29 is 9.53 Å². The Hall–Kier alpha value is -0.240. The molecule has 1 atom stereocenters. The molecule has 0 amide bonds. The third-order valence-electron chi connectivity index (χ3n) is 3.52. The van der Waals surface area contributed by atoms with Crippen molar-refractivity contribution in [3.05, 3.63) is 0 Å². The minimum Gasteiger partial charge on any atom is -0.450 e. The van der Waals surface area contributed by atoms with Gasteiger partial charge in [0.25, 0.3) is 0 Å². The van der Waals surface area contributed by atoms with Crippen molar-refractivity contribution in [3.63, 3.8) is 0 Å². The summed E-state index contributed by atoms with van der Waals surface area (Å²) in [6.45, 7) is 4.43. The highest BCUT2D eigenvalue weighted by molar-refractivity contribution is 6.61. The van der Waals surface area contributed by atoms with Crippen molar-refractivity contribution in [2.45, 2.75) is 97.0 Å². The molecule has 2 nitrogen and oxygen atoms in total. The molecule has 0 aliphatic heterocycles. The second kappa shape index (κ2) is 14.2. The number of rotatable bonds is 13. The van der Waals surface area contributed by atoms with Gasteiger partial charge in [-0.15, -0.1) is 0 Å². The van der Waals surface area contributed by atoms with Gasteiger partial charge in [-0.1, -0.05) is 65.2 Å². The van der Waals surface area contributed by atoms with Crippen molar-refractivity contribution in [2.24, 2.45) is 0 Å². The van der Waals surface area contributed by atoms with E-state index in [0.717, 1.165) is 25.7 Å². The van der Waals surface area contributed by atoms with E-state index in [0.29, 0.717) is 0 Å². The van der Waals surface area contributed by atoms with Gasteiger partial charge < -0.3 is 4.74 Å². The smallest absolute Gasteiger partial charge is 0.404 e. The molecule has 0 aromatic heterocycles. The van der Waals surface area contributed by atoms with E-state index in [1.165, 1.54) is 51.4 Å². The molecule has 0 saturated heterocycles. The molecule has 0 spiro atoms. The van der Waals surface area contributed by atoms with E-state index in [4.69, 9.17) is 16.3 Å². The Morgan fingerprint density at radius 3 is 1.74 bits per heavy atom. The van der Waals surface area contributed by atoms with Gasteiger partial charge >= 0.3 is 5.43 Å². The van der Waals surface area contributed by atoms with Gasteiger partial charge in [-0.3, -0.25) is 0 Å². The number of carbonyl (C=O) groups is 1. The molecule has 0 aliphatic carbocycles. The van der Waals surface area contributed by atoms with Crippen molar-refractivity contribution in [1.29, 1.82) is 0 Å². The van der Waals surface area contributed by atoms with Crippen LogP contribution in [0.15, 0.2) is 0 Å². The van der Waals surface area contributed by atoms with Gasteiger partial charge in [0.2, 0.25) is 0 Å². The molecule has 0 fully saturated rings. The maximum Gasteiger partial charge on any atom is 0.404 e. The molecule has 0 aromatic carbocycles. The molecule has 0 aliphatic rings. The number of ether oxygens (including phenoxy) is 1. The third-order valence-corrected chi connectivity index (χ3v) is 3.61. The van der Waals surface area contributed by atoms with Crippen LogP contribution >= 0.6 is 11.6 Å². The van der Waals surface area contributed by atoms with Gasteiger partial charge in [0.1, 0.15) is 6.10 Å². The summed E-state index contributed by atoms with van der Waals surface area (Å²) < 4.78 is 5.18. The first kappa shape index (κ1) is 18.8. The third kappa shape index (κ3) is 14.0. The van der Waals surface area contributed by atoms with Crippen LogP contribution < -0.4 is 0 Å². The van der Waals surface area contributed by atoms with Crippen LogP contribution in [0.25, 0.3) is 0 Å². The Morgan fingerprint density at radius 1 is 0.842 bits per heavy atom. The highest BCUT2D eigenvalue weighted by Crippen LogP contribution is 2.17. The number of hydrogen-bond donors (Lipinski definition) is 0. The summed E-state index contributed by atoms with van der Waals surface area (Å²) in [4.78, 5) is 10.9. The number of unbranched alkanes of at least 4 members (excludes halogenated alkanes) is 8. The number of halogens is 1. The summed E-state index contributed by atoms with van der Waals surface area (Å²) >= 11 is 5.33. The molecule has 0 heterocycles. The summed E-state index contributed by atoms with van der Waals surface area (Å²) in [5.74, 6) is 0. The van der Waals surface area contributed by atoms with E-state index >= 15 is 0 Å². The summed E-state index contributed by atoms with van der Waals surface area (Å²) in [6, 6.07) is 0. The number of carbonyl (C=O) groups excluding carboxylic acids is 1. The molecule has 1 unspecified atom stereocenters. The lowest BCUT2D eigenvalue weighted by Gasteiger charge is -2.16. The van der Waals surface area contributed by atoms with E-state index in [-0.39, 0.29) is 6.10 Å². The number of hydrogen-bond acceptors (Lipinski definition) is 2. The predicted molar refractivity (Wildman–Crippen MR) is 82.9 cm³/mol. The molecule has 0 bridgehead atoms. The topological polar surface area (TPSA) is 26.3 Å². The van der Waals surface area contributed by atoms with E-state index in [1.54, 1.807) is 0 Å². The largest absolute Gasteiger partial charge is 0.450 e. The molecule has 0 rings (SSSR count). The summed E-state index contributed by atoms with van der Waals surface area (Å²) in [7, 11) is 0. The van der Waals surface area contributed by atoms with Crippen molar-refractivity contribution >= 4 is 17.0 Å². The summed E-state index contributed by atoms with van der Waals surface area (Å²) in [5.41, 5.74) is -0.647. The summed E-state index contributed by atoms with van der Waals surface area (Å²) in [6.07, 6.45) is 14.5. The van der Waals surface area contributed by atoms with Gasteiger partial charge in [-0.05, 0) is 25.7 Å². The molecule has 3 heteroatoms. The Bertz CT molecular complexity index is 207. The molecule has 114 valence electrons. The predicted octanol–water partition coefficient (Wildman–Crippen LogP) is 6.45. The molecule has 0 saturated carbocycles. The van der Waals surface area contributed by atoms with E-state index in [9.17, 15) is 4.79 Å². The van der Waals surface area contributed by atoms with Gasteiger partial charge in [0.15, 0.2) is 0 Å². The fraction of sp³-hybridized carbons (Fsp3) is 0.938. The maximum atomic E-state index is 10.9. The molecule has 0 aromatic rings. The second-order valence-corrected chi connectivity index (χ2v) is 5.69. The van der Waals surface area contributed by atoms with Crippen LogP contribution in [-0.4, -0.2) is 11.5 Å². The highest BCUT2D eigenvalue weighted by atomic mass is 35.5. The first-order valence-electron chi connectivity index (χ1n) is 8.06. The van der Waals surface area contributed by atoms with Crippen LogP contribution in [0, 0.1) is 0 Å². The van der Waals surface area contributed by atoms with Crippen molar-refractivity contribution in [3.8, 4) is 0 Å². The van der Waals surface area contributed by atoms with Gasteiger partial charge in [-0.2, -0.15) is 0 Å². The fourth-order valence-corrected chi connectivity index (χ4v) is 2.47. The molecule has 0 N–H and O–H groups in total. The molecular weight excluding hydrogens is 260 g/mol. The molecular formula is C16H31ClO2. The van der Waals surface area contributed by atoms with Crippen LogP contribution in [0.2, 0.25) is 0 Å². The van der Waals surface area contributed by atoms with E-state index in [2.05, 4.69) is 13.8 Å². The second-order valence-electron chi connectivity index (χ2n) is 5.38. The first-order chi connectivity index (χ1) is 9.20. The standard InChI is InChI=1S/C16H31ClO2/c1-3-5-7-9-10-12-14-15(19-16(17)18)13-11-8-6-4-2/h15H,3-14H2,1-2H3. The lowest BCUT2D eigenvalue weighted by Crippen LogP contribution is -2.14. The monoisotopic (exact) mass is 290 g/mol. The van der Waals surface area contributed by atoms with Gasteiger partial charge in [0.05, 0.1) is 0 Å². The minimum atomic E-state index is -0.647. The fourth-order valence-electron chi connectivity index (χ4n) is 2.34. The van der Waals surface area contributed by atoms with E-state index in [1.807, 2.05) is 0 Å². The van der Waals surface area contributed by atoms with Crippen molar-refractivity contribution in [1.82, 2.24) is 0 Å². The Labute approximate surface area is 124 Å². The zero-order valence-electron chi connectivity index (χ0n) is 12.8. The van der Waals surface area contributed by atoms with Gasteiger partial charge in [0, 0.05) is 11.6 Å². The zero-order chi connectivity index (χ0) is 14.3. The lowest BCUT2D eigenvalue weighted by molar-refractivity contribution is 0.106. The normalized spacial score (nSPS) is 12.4. The van der Waals surface area contributed by atoms with Gasteiger partial charge in [-0.25, -0.2) is 4.79 Å². The van der Waals surface area contributed by atoms with Crippen LogP contribution in [0.1, 0.15) is 90.9 Å². The highest BCUT2D eigenvalue weighted by Gasteiger charge is 2.12. The zero-order valence-corrected chi connectivity index (χ0v) is 13.5. The first-order valence-corrected chi connectivity index (χ1v) is 8.44. The minimum absolute atomic E-state index is 0.0352. The SMILES string of the molecule is CCCCCCCCC(CCCCCC)OC(=O)Cl. The van der Waals surface area contributed by atoms with Crippen molar-refractivity contribution in [2.75, 3.05) is 0 Å². The van der Waals surface area contributed by atoms with Crippen LogP contribution in [0.3, 0.4) is 0 Å². The summed E-state index contributed by atoms with van der Waals surface area (Å²) in [5, 5.41) is 0. The lowest BCUT2D eigenvalue weighted by atomic mass is 10.0. The van der Waals surface area contributed by atoms with Crippen LogP contribution in [0.5, 0.6) is 0 Å². The van der Waals surface area contributed by atoms with Crippen LogP contribution in [-0.2, 0) is 4.74 Å². The quantitative estimate of drug-likeness (QED) is 0.288. The average molecular weight is 291 g/mol. The molecule has 0 radical (unpaired) electrons. The Morgan fingerprint density at radius 2 is 1.26 bits per heavy atom. The Kier molecular flexibility index (Phi) is 14.0. The van der Waals surface area contributed by atoms with Crippen LogP contribution in [0.4, 0.5) is 4.79 Å². The molecule has 19 heavy (non-hydrogen) atoms. The average Bonchev–Trinajstić information content (AvgIpc) is 2.37. The van der Waals surface area contributed by atoms with E-state index < -0.39 is 5.43 Å². The Balaban J connectivity index is 3.64. The maximum absolute atomic E-state index is 10.9.